The fourth-order valence-corrected chi connectivity index (χ4v) is 2.72. The highest BCUT2D eigenvalue weighted by Crippen LogP contribution is 2.26. The van der Waals surface area contributed by atoms with Crippen molar-refractivity contribution in [1.82, 2.24) is 19.7 Å². The molecule has 1 aliphatic rings. The summed E-state index contributed by atoms with van der Waals surface area (Å²) in [7, 11) is 0. The van der Waals surface area contributed by atoms with E-state index in [2.05, 4.69) is 32.5 Å². The Balaban J connectivity index is 1.41. The number of ether oxygens (including phenoxy) is 1. The van der Waals surface area contributed by atoms with Gasteiger partial charge in [-0.25, -0.2) is 9.67 Å². The Morgan fingerprint density at radius 2 is 2.13 bits per heavy atom. The summed E-state index contributed by atoms with van der Waals surface area (Å²) in [6.45, 7) is 1.49. The van der Waals surface area contributed by atoms with Crippen molar-refractivity contribution in [3.8, 4) is 11.6 Å². The fraction of sp³-hybridized carbons (Fsp3) is 0.235. The van der Waals surface area contributed by atoms with Crippen LogP contribution in [0.2, 0.25) is 0 Å². The molecule has 0 radical (unpaired) electrons. The summed E-state index contributed by atoms with van der Waals surface area (Å²) in [5.41, 5.74) is 1.26. The number of nitrogens with zero attached hydrogens (tertiary/aromatic N) is 4. The van der Waals surface area contributed by atoms with E-state index in [0.717, 1.165) is 24.5 Å². The molecule has 0 saturated heterocycles. The number of anilines is 1. The summed E-state index contributed by atoms with van der Waals surface area (Å²) in [6, 6.07) is 11.9. The molecule has 6 heteroatoms. The van der Waals surface area contributed by atoms with Gasteiger partial charge in [0.25, 0.3) is 0 Å². The third kappa shape index (κ3) is 3.01. The van der Waals surface area contributed by atoms with Gasteiger partial charge < -0.3 is 10.1 Å². The van der Waals surface area contributed by atoms with E-state index in [1.165, 1.54) is 5.56 Å². The van der Waals surface area contributed by atoms with E-state index >= 15 is 0 Å². The van der Waals surface area contributed by atoms with Gasteiger partial charge in [-0.05, 0) is 24.1 Å². The van der Waals surface area contributed by atoms with Crippen LogP contribution >= 0.6 is 0 Å². The van der Waals surface area contributed by atoms with Crippen molar-refractivity contribution in [3.63, 3.8) is 0 Å². The fourth-order valence-electron chi connectivity index (χ4n) is 2.72. The molecule has 0 saturated carbocycles. The number of hydrogen-bond acceptors (Lipinski definition) is 5. The van der Waals surface area contributed by atoms with E-state index in [9.17, 15) is 0 Å². The molecule has 6 nitrogen and oxygen atoms in total. The van der Waals surface area contributed by atoms with Crippen LogP contribution < -0.4 is 10.1 Å². The first kappa shape index (κ1) is 13.8. The van der Waals surface area contributed by atoms with Crippen LogP contribution in [0.25, 0.3) is 5.82 Å². The van der Waals surface area contributed by atoms with Crippen molar-refractivity contribution in [2.24, 2.45) is 5.92 Å². The van der Waals surface area contributed by atoms with Gasteiger partial charge in [-0.2, -0.15) is 10.1 Å². The maximum Gasteiger partial charge on any atom is 0.224 e. The number of rotatable bonds is 4. The highest BCUT2D eigenvalue weighted by Gasteiger charge is 2.19. The third-order valence-corrected chi connectivity index (χ3v) is 3.88. The minimum Gasteiger partial charge on any atom is -0.493 e. The van der Waals surface area contributed by atoms with Gasteiger partial charge in [-0.15, -0.1) is 0 Å². The SMILES string of the molecule is c1ccc2c(c1)C[C@H](CNc1nccc(-n3cccn3)n1)CO2. The van der Waals surface area contributed by atoms with E-state index in [4.69, 9.17) is 4.74 Å². The zero-order chi connectivity index (χ0) is 15.5. The van der Waals surface area contributed by atoms with Gasteiger partial charge in [0.05, 0.1) is 6.61 Å². The second-order valence-corrected chi connectivity index (χ2v) is 5.56. The summed E-state index contributed by atoms with van der Waals surface area (Å²) in [5, 5.41) is 7.49. The minimum atomic E-state index is 0.404. The quantitative estimate of drug-likeness (QED) is 0.801. The van der Waals surface area contributed by atoms with Crippen molar-refractivity contribution < 1.29 is 4.74 Å². The van der Waals surface area contributed by atoms with Gasteiger partial charge in [0.2, 0.25) is 5.95 Å². The monoisotopic (exact) mass is 307 g/mol. The van der Waals surface area contributed by atoms with Crippen molar-refractivity contribution in [1.29, 1.82) is 0 Å². The topological polar surface area (TPSA) is 64.9 Å². The molecular formula is C17H17N5O. The Morgan fingerprint density at radius 3 is 3.04 bits per heavy atom. The van der Waals surface area contributed by atoms with Gasteiger partial charge in [0, 0.05) is 37.1 Å². The molecule has 116 valence electrons. The number of fused-ring (bicyclic) bond motifs is 1. The summed E-state index contributed by atoms with van der Waals surface area (Å²) >= 11 is 0. The van der Waals surface area contributed by atoms with Crippen LogP contribution in [0.3, 0.4) is 0 Å². The van der Waals surface area contributed by atoms with Crippen LogP contribution in [0, 0.1) is 5.92 Å². The second kappa shape index (κ2) is 6.08. The number of benzene rings is 1. The van der Waals surface area contributed by atoms with Gasteiger partial charge in [-0.1, -0.05) is 18.2 Å². The van der Waals surface area contributed by atoms with Crippen molar-refractivity contribution in [2.45, 2.75) is 6.42 Å². The summed E-state index contributed by atoms with van der Waals surface area (Å²) in [4.78, 5) is 8.76. The van der Waals surface area contributed by atoms with Crippen LogP contribution in [0.4, 0.5) is 5.95 Å². The maximum absolute atomic E-state index is 5.81. The second-order valence-electron chi connectivity index (χ2n) is 5.56. The van der Waals surface area contributed by atoms with E-state index in [-0.39, 0.29) is 0 Å². The minimum absolute atomic E-state index is 0.404. The average Bonchev–Trinajstić information content (AvgIpc) is 3.15. The first-order valence-corrected chi connectivity index (χ1v) is 7.66. The van der Waals surface area contributed by atoms with Gasteiger partial charge in [0.1, 0.15) is 5.75 Å². The largest absolute Gasteiger partial charge is 0.493 e. The smallest absolute Gasteiger partial charge is 0.224 e. The summed E-state index contributed by atoms with van der Waals surface area (Å²) < 4.78 is 7.53. The molecule has 1 atom stereocenters. The van der Waals surface area contributed by atoms with E-state index in [1.807, 2.05) is 30.5 Å². The van der Waals surface area contributed by atoms with Crippen LogP contribution in [-0.2, 0) is 6.42 Å². The Kier molecular flexibility index (Phi) is 3.63. The van der Waals surface area contributed by atoms with Crippen molar-refractivity contribution in [3.05, 3.63) is 60.6 Å². The van der Waals surface area contributed by atoms with Gasteiger partial charge in [-0.3, -0.25) is 0 Å². The van der Waals surface area contributed by atoms with E-state index in [1.54, 1.807) is 17.1 Å². The van der Waals surface area contributed by atoms with Crippen molar-refractivity contribution >= 4 is 5.95 Å². The van der Waals surface area contributed by atoms with Crippen LogP contribution in [0.1, 0.15) is 5.56 Å². The Labute approximate surface area is 134 Å². The Hall–Kier alpha value is -2.89. The molecule has 4 rings (SSSR count). The van der Waals surface area contributed by atoms with Crippen LogP contribution in [0.5, 0.6) is 5.75 Å². The molecule has 0 unspecified atom stereocenters. The lowest BCUT2D eigenvalue weighted by molar-refractivity contribution is 0.229. The third-order valence-electron chi connectivity index (χ3n) is 3.88. The maximum atomic E-state index is 5.81. The number of hydrogen-bond donors (Lipinski definition) is 1. The molecule has 0 bridgehead atoms. The normalized spacial score (nSPS) is 16.4. The molecule has 0 aliphatic carbocycles. The molecule has 1 aromatic carbocycles. The average molecular weight is 307 g/mol. The molecule has 3 heterocycles. The molecule has 2 aromatic heterocycles. The van der Waals surface area contributed by atoms with E-state index in [0.29, 0.717) is 18.5 Å². The molecule has 0 amide bonds. The van der Waals surface area contributed by atoms with Crippen LogP contribution in [0.15, 0.2) is 55.0 Å². The van der Waals surface area contributed by atoms with Crippen molar-refractivity contribution in [2.75, 3.05) is 18.5 Å². The zero-order valence-electron chi connectivity index (χ0n) is 12.6. The van der Waals surface area contributed by atoms with Gasteiger partial charge >= 0.3 is 0 Å². The van der Waals surface area contributed by atoms with Gasteiger partial charge in [0.15, 0.2) is 5.82 Å². The van der Waals surface area contributed by atoms with E-state index < -0.39 is 0 Å². The highest BCUT2D eigenvalue weighted by molar-refractivity contribution is 5.36. The molecular weight excluding hydrogens is 290 g/mol. The zero-order valence-corrected chi connectivity index (χ0v) is 12.6. The predicted molar refractivity (Wildman–Crippen MR) is 86.8 cm³/mol. The lowest BCUT2D eigenvalue weighted by Gasteiger charge is -2.25. The first-order chi connectivity index (χ1) is 11.4. The molecule has 23 heavy (non-hydrogen) atoms. The summed E-state index contributed by atoms with van der Waals surface area (Å²) in [6.07, 6.45) is 6.32. The number of para-hydroxylation sites is 1. The Bertz CT molecular complexity index is 787. The highest BCUT2D eigenvalue weighted by atomic mass is 16.5. The lowest BCUT2D eigenvalue weighted by Crippen LogP contribution is -2.27. The molecule has 1 aliphatic heterocycles. The number of nitrogens with one attached hydrogen (secondary N) is 1. The predicted octanol–water partition coefficient (Wildman–Crippen LogP) is 2.33. The molecule has 0 spiro atoms. The standard InChI is InChI=1S/C17H17N5O/c1-2-5-15-14(4-1)10-13(12-23-15)11-19-17-18-8-6-16(21-17)22-9-3-7-20-22/h1-9,13H,10-12H2,(H,18,19,21)/t13-/m1/s1. The molecule has 1 N–H and O–H groups in total. The Morgan fingerprint density at radius 1 is 1.17 bits per heavy atom. The molecule has 3 aromatic rings. The lowest BCUT2D eigenvalue weighted by atomic mass is 9.97. The van der Waals surface area contributed by atoms with Crippen LogP contribution in [-0.4, -0.2) is 32.9 Å². The molecule has 0 fully saturated rings. The first-order valence-electron chi connectivity index (χ1n) is 7.66. The number of aromatic nitrogens is 4. The summed E-state index contributed by atoms with van der Waals surface area (Å²) in [5.74, 6) is 2.76.